The van der Waals surface area contributed by atoms with Gasteiger partial charge in [-0.25, -0.2) is 0 Å². The molecule has 0 heterocycles. The van der Waals surface area contributed by atoms with Crippen molar-refractivity contribution in [3.05, 3.63) is 62.4 Å². The predicted octanol–water partition coefficient (Wildman–Crippen LogP) is 3.78. The first-order chi connectivity index (χ1) is 9.51. The number of aliphatic hydroxyl groups is 1. The van der Waals surface area contributed by atoms with E-state index in [-0.39, 0.29) is 12.4 Å². The maximum absolute atomic E-state index is 13.5. The Morgan fingerprint density at radius 1 is 1.30 bits per heavy atom. The Hall–Kier alpha value is -1.99. The third-order valence-electron chi connectivity index (χ3n) is 2.52. The number of nitro groups is 1. The molecule has 0 fully saturated rings. The summed E-state index contributed by atoms with van der Waals surface area (Å²) < 4.78 is 19.5. The van der Waals surface area contributed by atoms with Crippen LogP contribution in [-0.2, 0) is 6.61 Å². The third-order valence-corrected chi connectivity index (χ3v) is 3.14. The summed E-state index contributed by atoms with van der Waals surface area (Å²) in [5, 5.41) is 19.5. The molecule has 0 spiro atoms. The summed E-state index contributed by atoms with van der Waals surface area (Å²) in [5.74, 6) is -0.406. The molecule has 0 atom stereocenters. The van der Waals surface area contributed by atoms with Gasteiger partial charge >= 0.3 is 5.69 Å². The van der Waals surface area contributed by atoms with Gasteiger partial charge in [0.25, 0.3) is 0 Å². The van der Waals surface area contributed by atoms with Gasteiger partial charge in [0.1, 0.15) is 11.5 Å². The van der Waals surface area contributed by atoms with Crippen molar-refractivity contribution in [1.29, 1.82) is 0 Å². The first-order valence-electron chi connectivity index (χ1n) is 5.52. The van der Waals surface area contributed by atoms with Gasteiger partial charge < -0.3 is 9.84 Å². The van der Waals surface area contributed by atoms with E-state index in [0.29, 0.717) is 15.8 Å². The smallest absolute Gasteiger partial charge is 0.305 e. The van der Waals surface area contributed by atoms with E-state index in [1.165, 1.54) is 6.07 Å². The molecule has 1 N–H and O–H groups in total. The Morgan fingerprint density at radius 3 is 2.60 bits per heavy atom. The van der Waals surface area contributed by atoms with Crippen molar-refractivity contribution in [2.24, 2.45) is 0 Å². The minimum absolute atomic E-state index is 0.106. The Balaban J connectivity index is 2.26. The average molecular weight is 342 g/mol. The second-order valence-corrected chi connectivity index (χ2v) is 4.75. The molecule has 0 bridgehead atoms. The van der Waals surface area contributed by atoms with Crippen LogP contribution in [0.4, 0.5) is 10.1 Å². The number of hydrogen-bond donors (Lipinski definition) is 1. The second-order valence-electron chi connectivity index (χ2n) is 3.90. The molecule has 0 aliphatic carbocycles. The highest BCUT2D eigenvalue weighted by Gasteiger charge is 2.15. The van der Waals surface area contributed by atoms with E-state index >= 15 is 0 Å². The van der Waals surface area contributed by atoms with Crippen LogP contribution in [0.1, 0.15) is 5.56 Å². The molecule has 0 aromatic heterocycles. The molecule has 0 aliphatic heterocycles. The largest absolute Gasteiger partial charge is 0.456 e. The number of halogens is 2. The Bertz CT molecular complexity index is 663. The van der Waals surface area contributed by atoms with E-state index in [9.17, 15) is 14.5 Å². The van der Waals surface area contributed by atoms with Gasteiger partial charge in [0.05, 0.1) is 16.0 Å². The van der Waals surface area contributed by atoms with Gasteiger partial charge in [-0.1, -0.05) is 6.07 Å². The van der Waals surface area contributed by atoms with Crippen LogP contribution in [0.2, 0.25) is 0 Å². The quantitative estimate of drug-likeness (QED) is 0.678. The molecule has 0 radical (unpaired) electrons. The minimum Gasteiger partial charge on any atom is -0.456 e. The van der Waals surface area contributed by atoms with Gasteiger partial charge in [0.2, 0.25) is 5.82 Å². The average Bonchev–Trinajstić information content (AvgIpc) is 2.40. The highest BCUT2D eigenvalue weighted by molar-refractivity contribution is 9.10. The van der Waals surface area contributed by atoms with Gasteiger partial charge in [0.15, 0.2) is 0 Å². The summed E-state index contributed by atoms with van der Waals surface area (Å²) in [6, 6.07) is 8.23. The Labute approximate surface area is 121 Å². The fraction of sp³-hybridized carbons (Fsp3) is 0.0769. The fourth-order valence-electron chi connectivity index (χ4n) is 1.55. The lowest BCUT2D eigenvalue weighted by atomic mass is 10.2. The standard InChI is InChI=1S/C13H9BrFNO4/c14-10-5-8(7-17)1-4-13(10)20-9-2-3-12(16(18)19)11(15)6-9/h1-6,17H,7H2. The highest BCUT2D eigenvalue weighted by Crippen LogP contribution is 2.32. The molecule has 0 amide bonds. The van der Waals surface area contributed by atoms with E-state index in [0.717, 1.165) is 12.1 Å². The zero-order chi connectivity index (χ0) is 14.7. The molecule has 2 aromatic rings. The van der Waals surface area contributed by atoms with Crippen molar-refractivity contribution in [2.45, 2.75) is 6.61 Å². The lowest BCUT2D eigenvalue weighted by molar-refractivity contribution is -0.387. The molecule has 0 unspecified atom stereocenters. The maximum Gasteiger partial charge on any atom is 0.305 e. The van der Waals surface area contributed by atoms with E-state index in [4.69, 9.17) is 9.84 Å². The summed E-state index contributed by atoms with van der Waals surface area (Å²) in [7, 11) is 0. The molecule has 20 heavy (non-hydrogen) atoms. The summed E-state index contributed by atoms with van der Waals surface area (Å²) in [4.78, 5) is 9.71. The van der Waals surface area contributed by atoms with Crippen molar-refractivity contribution in [1.82, 2.24) is 0 Å². The molecule has 0 saturated heterocycles. The number of rotatable bonds is 4. The topological polar surface area (TPSA) is 72.6 Å². The van der Waals surface area contributed by atoms with Gasteiger partial charge in [-0.15, -0.1) is 0 Å². The van der Waals surface area contributed by atoms with Crippen LogP contribution < -0.4 is 4.74 Å². The van der Waals surface area contributed by atoms with Gasteiger partial charge in [-0.3, -0.25) is 10.1 Å². The van der Waals surface area contributed by atoms with Crippen molar-refractivity contribution >= 4 is 21.6 Å². The van der Waals surface area contributed by atoms with Crippen molar-refractivity contribution in [3.8, 4) is 11.5 Å². The Kier molecular flexibility index (Phi) is 4.31. The molecule has 7 heteroatoms. The summed E-state index contributed by atoms with van der Waals surface area (Å²) in [5.41, 5.74) is 0.0890. The van der Waals surface area contributed by atoms with Crippen molar-refractivity contribution in [3.63, 3.8) is 0 Å². The van der Waals surface area contributed by atoms with E-state index in [1.54, 1.807) is 18.2 Å². The molecule has 0 saturated carbocycles. The number of aliphatic hydroxyl groups excluding tert-OH is 1. The number of nitrogens with zero attached hydrogens (tertiary/aromatic N) is 1. The monoisotopic (exact) mass is 341 g/mol. The van der Waals surface area contributed by atoms with Crippen LogP contribution in [0.25, 0.3) is 0 Å². The minimum atomic E-state index is -0.962. The molecular weight excluding hydrogens is 333 g/mol. The van der Waals surface area contributed by atoms with Crippen LogP contribution in [0.15, 0.2) is 40.9 Å². The molecule has 104 valence electrons. The zero-order valence-electron chi connectivity index (χ0n) is 10.0. The summed E-state index contributed by atoms with van der Waals surface area (Å²) in [6.45, 7) is -0.106. The number of ether oxygens (including phenoxy) is 1. The van der Waals surface area contributed by atoms with Crippen LogP contribution in [-0.4, -0.2) is 10.0 Å². The number of benzene rings is 2. The normalized spacial score (nSPS) is 10.3. The predicted molar refractivity (Wildman–Crippen MR) is 73.2 cm³/mol. The summed E-state index contributed by atoms with van der Waals surface area (Å²) in [6.07, 6.45) is 0. The molecule has 2 aromatic carbocycles. The first kappa shape index (κ1) is 14.4. The SMILES string of the molecule is O=[N+]([O-])c1ccc(Oc2ccc(CO)cc2Br)cc1F. The van der Waals surface area contributed by atoms with Crippen LogP contribution in [0.3, 0.4) is 0 Å². The molecular formula is C13H9BrFNO4. The zero-order valence-corrected chi connectivity index (χ0v) is 11.6. The van der Waals surface area contributed by atoms with Gasteiger partial charge in [-0.2, -0.15) is 4.39 Å². The third kappa shape index (κ3) is 3.12. The van der Waals surface area contributed by atoms with E-state index < -0.39 is 16.4 Å². The number of hydrogen-bond acceptors (Lipinski definition) is 4. The second kappa shape index (κ2) is 5.98. The Morgan fingerprint density at radius 2 is 2.05 bits per heavy atom. The highest BCUT2D eigenvalue weighted by atomic mass is 79.9. The molecule has 2 rings (SSSR count). The first-order valence-corrected chi connectivity index (χ1v) is 6.31. The fourth-order valence-corrected chi connectivity index (χ4v) is 2.06. The molecule has 5 nitrogen and oxygen atoms in total. The molecule has 0 aliphatic rings. The van der Waals surface area contributed by atoms with Gasteiger partial charge in [0, 0.05) is 12.1 Å². The van der Waals surface area contributed by atoms with Crippen LogP contribution in [0, 0.1) is 15.9 Å². The van der Waals surface area contributed by atoms with E-state index in [1.807, 2.05) is 0 Å². The van der Waals surface area contributed by atoms with Gasteiger partial charge in [-0.05, 0) is 39.7 Å². The van der Waals surface area contributed by atoms with Crippen LogP contribution >= 0.6 is 15.9 Å². The van der Waals surface area contributed by atoms with Crippen molar-refractivity contribution < 1.29 is 19.2 Å². The maximum atomic E-state index is 13.5. The lowest BCUT2D eigenvalue weighted by Crippen LogP contribution is -1.94. The summed E-state index contributed by atoms with van der Waals surface area (Å²) >= 11 is 3.26. The lowest BCUT2D eigenvalue weighted by Gasteiger charge is -2.08. The van der Waals surface area contributed by atoms with E-state index in [2.05, 4.69) is 15.9 Å². The van der Waals surface area contributed by atoms with Crippen molar-refractivity contribution in [2.75, 3.05) is 0 Å². The number of nitro benzene ring substituents is 1. The van der Waals surface area contributed by atoms with Crippen LogP contribution in [0.5, 0.6) is 11.5 Å².